The molecule has 0 heterocycles. The first kappa shape index (κ1) is 13.7. The molecule has 1 aromatic rings. The van der Waals surface area contributed by atoms with E-state index < -0.39 is 11.7 Å². The average molecular weight is 244 g/mol. The predicted octanol–water partition coefficient (Wildman–Crippen LogP) is 3.84. The van der Waals surface area contributed by atoms with Gasteiger partial charge in [0.1, 0.15) is 0 Å². The lowest BCUT2D eigenvalue weighted by atomic mass is 9.99. The second-order valence-electron chi connectivity index (χ2n) is 5.08. The highest BCUT2D eigenvalue weighted by atomic mass is 19.4. The molecule has 1 rings (SSSR count). The summed E-state index contributed by atoms with van der Waals surface area (Å²) in [5, 5.41) is 0. The number of hydrogen-bond acceptors (Lipinski definition) is 0. The van der Waals surface area contributed by atoms with Gasteiger partial charge in [0.05, 0.1) is 0 Å². The Morgan fingerprint density at radius 3 is 2.00 bits per heavy atom. The molecule has 0 bridgehead atoms. The SMILES string of the molecule is CC(C)(C)/C=[N+](\Cc1ccccc1)C(F)(F)F. The fourth-order valence-corrected chi connectivity index (χ4v) is 1.46. The fraction of sp³-hybridized carbons (Fsp3) is 0.462. The first-order chi connectivity index (χ1) is 7.68. The van der Waals surface area contributed by atoms with E-state index in [1.165, 1.54) is 6.21 Å². The van der Waals surface area contributed by atoms with Crippen LogP contribution in [0.5, 0.6) is 0 Å². The molecule has 0 aromatic heterocycles. The van der Waals surface area contributed by atoms with Crippen molar-refractivity contribution in [3.05, 3.63) is 35.9 Å². The Hall–Kier alpha value is -1.32. The van der Waals surface area contributed by atoms with Crippen LogP contribution in [-0.4, -0.2) is 17.1 Å². The second kappa shape index (κ2) is 4.90. The van der Waals surface area contributed by atoms with Crippen molar-refractivity contribution in [2.45, 2.75) is 33.6 Å². The van der Waals surface area contributed by atoms with E-state index in [1.807, 2.05) is 0 Å². The van der Waals surface area contributed by atoms with Crippen LogP contribution in [0.15, 0.2) is 30.3 Å². The number of rotatable bonds is 2. The lowest BCUT2D eigenvalue weighted by Gasteiger charge is -2.13. The number of nitrogens with zero attached hydrogens (tertiary/aromatic N) is 1. The summed E-state index contributed by atoms with van der Waals surface area (Å²) in [6, 6.07) is 8.64. The molecular formula is C13H17F3N+. The summed E-state index contributed by atoms with van der Waals surface area (Å²) in [7, 11) is 0. The van der Waals surface area contributed by atoms with E-state index in [2.05, 4.69) is 0 Å². The Balaban J connectivity index is 2.99. The van der Waals surface area contributed by atoms with Crippen LogP contribution in [0.4, 0.5) is 13.2 Å². The van der Waals surface area contributed by atoms with Gasteiger partial charge in [-0.3, -0.25) is 0 Å². The molecule has 0 atom stereocenters. The lowest BCUT2D eigenvalue weighted by molar-refractivity contribution is -0.722. The summed E-state index contributed by atoms with van der Waals surface area (Å²) in [6.07, 6.45) is -3.12. The summed E-state index contributed by atoms with van der Waals surface area (Å²) >= 11 is 0. The summed E-state index contributed by atoms with van der Waals surface area (Å²) in [4.78, 5) is 0. The topological polar surface area (TPSA) is 3.01 Å². The molecule has 0 unspecified atom stereocenters. The zero-order chi connectivity index (χ0) is 13.1. The molecule has 4 heteroatoms. The van der Waals surface area contributed by atoms with Crippen molar-refractivity contribution < 1.29 is 17.7 Å². The number of hydrogen-bond donors (Lipinski definition) is 0. The Morgan fingerprint density at radius 1 is 1.06 bits per heavy atom. The van der Waals surface area contributed by atoms with Gasteiger partial charge < -0.3 is 0 Å². The first-order valence-electron chi connectivity index (χ1n) is 5.42. The Bertz CT molecular complexity index is 385. The highest BCUT2D eigenvalue weighted by molar-refractivity contribution is 5.58. The van der Waals surface area contributed by atoms with Gasteiger partial charge in [-0.15, -0.1) is 17.7 Å². The third-order valence-electron chi connectivity index (χ3n) is 2.06. The molecule has 0 aliphatic heterocycles. The van der Waals surface area contributed by atoms with Crippen molar-refractivity contribution in [2.75, 3.05) is 0 Å². The van der Waals surface area contributed by atoms with Crippen LogP contribution in [0.3, 0.4) is 0 Å². The Labute approximate surface area is 99.6 Å². The van der Waals surface area contributed by atoms with Crippen LogP contribution in [0.2, 0.25) is 0 Å². The van der Waals surface area contributed by atoms with E-state index in [-0.39, 0.29) is 6.54 Å². The van der Waals surface area contributed by atoms with Gasteiger partial charge in [-0.05, 0) is 0 Å². The zero-order valence-electron chi connectivity index (χ0n) is 10.3. The maximum Gasteiger partial charge on any atom is 0.632 e. The molecule has 1 aromatic carbocycles. The summed E-state index contributed by atoms with van der Waals surface area (Å²) < 4.78 is 38.9. The van der Waals surface area contributed by atoms with Crippen LogP contribution in [0.1, 0.15) is 26.3 Å². The van der Waals surface area contributed by atoms with E-state index in [9.17, 15) is 13.2 Å². The molecule has 0 aliphatic carbocycles. The molecule has 0 aliphatic rings. The standard InChI is InChI=1S/C13H17F3N/c1-12(2,3)10-17(13(14,15)16)9-11-7-5-4-6-8-11/h4-8,10H,9H2,1-3H3/q+1/b17-10+. The molecule has 0 spiro atoms. The molecule has 0 saturated heterocycles. The van der Waals surface area contributed by atoms with Gasteiger partial charge >= 0.3 is 6.30 Å². The van der Waals surface area contributed by atoms with E-state index in [0.29, 0.717) is 10.1 Å². The lowest BCUT2D eigenvalue weighted by Crippen LogP contribution is -2.32. The van der Waals surface area contributed by atoms with E-state index >= 15 is 0 Å². The number of halogens is 3. The van der Waals surface area contributed by atoms with Crippen molar-refractivity contribution >= 4 is 6.21 Å². The van der Waals surface area contributed by atoms with E-state index in [1.54, 1.807) is 51.1 Å². The van der Waals surface area contributed by atoms with Crippen molar-refractivity contribution in [3.63, 3.8) is 0 Å². The molecule has 0 fully saturated rings. The monoisotopic (exact) mass is 244 g/mol. The van der Waals surface area contributed by atoms with Crippen LogP contribution < -0.4 is 0 Å². The van der Waals surface area contributed by atoms with Gasteiger partial charge in [0.15, 0.2) is 12.8 Å². The third kappa shape index (κ3) is 5.02. The molecule has 17 heavy (non-hydrogen) atoms. The minimum Gasteiger partial charge on any atom is -0.139 e. The van der Waals surface area contributed by atoms with Gasteiger partial charge in [0.2, 0.25) is 0 Å². The average Bonchev–Trinajstić information content (AvgIpc) is 2.15. The minimum atomic E-state index is -4.34. The first-order valence-corrected chi connectivity index (χ1v) is 5.42. The summed E-state index contributed by atoms with van der Waals surface area (Å²) in [6.45, 7) is 5.09. The van der Waals surface area contributed by atoms with Gasteiger partial charge in [-0.1, -0.05) is 51.1 Å². The van der Waals surface area contributed by atoms with Crippen LogP contribution in [-0.2, 0) is 6.54 Å². The fourth-order valence-electron chi connectivity index (χ4n) is 1.46. The van der Waals surface area contributed by atoms with Crippen LogP contribution >= 0.6 is 0 Å². The van der Waals surface area contributed by atoms with E-state index in [0.717, 1.165) is 0 Å². The largest absolute Gasteiger partial charge is 0.632 e. The highest BCUT2D eigenvalue weighted by Crippen LogP contribution is 2.21. The van der Waals surface area contributed by atoms with Crippen molar-refractivity contribution in [3.8, 4) is 0 Å². The second-order valence-corrected chi connectivity index (χ2v) is 5.08. The molecule has 94 valence electrons. The normalized spacial score (nSPS) is 13.9. The molecule has 1 nitrogen and oxygen atoms in total. The summed E-state index contributed by atoms with van der Waals surface area (Å²) in [5.41, 5.74) is 0.134. The van der Waals surface area contributed by atoms with Gasteiger partial charge in [0, 0.05) is 11.0 Å². The van der Waals surface area contributed by atoms with Gasteiger partial charge in [0.25, 0.3) is 0 Å². The molecule has 0 N–H and O–H groups in total. The zero-order valence-corrected chi connectivity index (χ0v) is 10.3. The Morgan fingerprint density at radius 2 is 1.59 bits per heavy atom. The van der Waals surface area contributed by atoms with Gasteiger partial charge in [-0.2, -0.15) is 0 Å². The van der Waals surface area contributed by atoms with Gasteiger partial charge in [-0.25, -0.2) is 0 Å². The number of benzene rings is 1. The van der Waals surface area contributed by atoms with Crippen LogP contribution in [0.25, 0.3) is 0 Å². The molecular weight excluding hydrogens is 227 g/mol. The predicted molar refractivity (Wildman–Crippen MR) is 62.0 cm³/mol. The highest BCUT2D eigenvalue weighted by Gasteiger charge is 2.44. The maximum atomic E-state index is 12.8. The minimum absolute atomic E-state index is 0.151. The van der Waals surface area contributed by atoms with Crippen LogP contribution in [0, 0.1) is 5.41 Å². The molecule has 0 radical (unpaired) electrons. The smallest absolute Gasteiger partial charge is 0.139 e. The maximum absolute atomic E-state index is 12.8. The van der Waals surface area contributed by atoms with Crippen molar-refractivity contribution in [1.29, 1.82) is 0 Å². The third-order valence-corrected chi connectivity index (χ3v) is 2.06. The molecule has 0 saturated carbocycles. The summed E-state index contributed by atoms with van der Waals surface area (Å²) in [5.74, 6) is 0. The van der Waals surface area contributed by atoms with Crippen molar-refractivity contribution in [2.24, 2.45) is 5.41 Å². The molecule has 0 amide bonds. The quantitative estimate of drug-likeness (QED) is 0.422. The number of alkyl halides is 3. The Kier molecular flexibility index (Phi) is 3.96. The van der Waals surface area contributed by atoms with E-state index in [4.69, 9.17) is 0 Å². The van der Waals surface area contributed by atoms with Crippen molar-refractivity contribution in [1.82, 2.24) is 0 Å².